The number of hydrogen-bond donors (Lipinski definition) is 2. The van der Waals surface area contributed by atoms with Gasteiger partial charge in [-0.3, -0.25) is 0 Å². The first-order valence-electron chi connectivity index (χ1n) is 4.22. The molecule has 62 valence electrons. The molecule has 0 aliphatic heterocycles. The highest BCUT2D eigenvalue weighted by Gasteiger charge is 1.99. The zero-order chi connectivity index (χ0) is 8.39. The number of para-hydroxylation sites is 1. The van der Waals surface area contributed by atoms with Crippen LogP contribution in [-0.4, -0.2) is 11.5 Å². The molecule has 1 aromatic carbocycles. The van der Waals surface area contributed by atoms with E-state index in [2.05, 4.69) is 35.4 Å². The lowest BCUT2D eigenvalue weighted by Gasteiger charge is -1.98. The van der Waals surface area contributed by atoms with Gasteiger partial charge in [-0.1, -0.05) is 18.2 Å². The third kappa shape index (κ3) is 1.05. The Labute approximate surface area is 71.6 Å². The maximum atomic E-state index is 3.30. The first kappa shape index (κ1) is 7.22. The van der Waals surface area contributed by atoms with Crippen LogP contribution >= 0.6 is 0 Å². The Kier molecular flexibility index (Phi) is 1.74. The third-order valence-electron chi connectivity index (χ3n) is 1.96. The first-order valence-corrected chi connectivity index (χ1v) is 4.22. The fraction of sp³-hybridized carbons (Fsp3) is 0.200. The minimum atomic E-state index is 0.960. The van der Waals surface area contributed by atoms with E-state index >= 15 is 0 Å². The first-order chi connectivity index (χ1) is 5.92. The van der Waals surface area contributed by atoms with Gasteiger partial charge in [0.1, 0.15) is 0 Å². The maximum Gasteiger partial charge on any atom is 0.0597 e. The second-order valence-corrected chi connectivity index (χ2v) is 2.78. The van der Waals surface area contributed by atoms with E-state index in [4.69, 9.17) is 0 Å². The van der Waals surface area contributed by atoms with Crippen molar-refractivity contribution in [2.75, 3.05) is 11.9 Å². The number of fused-ring (bicyclic) bond motifs is 1. The highest BCUT2D eigenvalue weighted by molar-refractivity contribution is 5.92. The summed E-state index contributed by atoms with van der Waals surface area (Å²) in [5.74, 6) is 0. The molecular formula is C10H12N2. The van der Waals surface area contributed by atoms with Crippen molar-refractivity contribution in [2.45, 2.75) is 6.92 Å². The van der Waals surface area contributed by atoms with Crippen molar-refractivity contribution in [3.05, 3.63) is 30.5 Å². The number of nitrogens with one attached hydrogen (secondary N) is 2. The van der Waals surface area contributed by atoms with Gasteiger partial charge in [-0.05, 0) is 13.0 Å². The summed E-state index contributed by atoms with van der Waals surface area (Å²) in [6, 6.07) is 8.28. The van der Waals surface area contributed by atoms with Gasteiger partial charge in [0.15, 0.2) is 0 Å². The van der Waals surface area contributed by atoms with Crippen molar-refractivity contribution >= 4 is 16.6 Å². The van der Waals surface area contributed by atoms with Crippen LogP contribution in [0.25, 0.3) is 10.9 Å². The van der Waals surface area contributed by atoms with Gasteiger partial charge in [-0.25, -0.2) is 0 Å². The Balaban J connectivity index is 2.55. The molecule has 1 aromatic heterocycles. The van der Waals surface area contributed by atoms with Gasteiger partial charge < -0.3 is 10.3 Å². The molecule has 0 atom stereocenters. The SMILES string of the molecule is CCNc1c[nH]c2ccccc12. The van der Waals surface area contributed by atoms with Crippen molar-refractivity contribution in [1.29, 1.82) is 0 Å². The summed E-state index contributed by atoms with van der Waals surface area (Å²) in [4.78, 5) is 3.21. The topological polar surface area (TPSA) is 27.8 Å². The molecule has 0 bridgehead atoms. The molecule has 1 heterocycles. The Hall–Kier alpha value is -1.44. The van der Waals surface area contributed by atoms with Gasteiger partial charge in [0, 0.05) is 23.6 Å². The normalized spacial score (nSPS) is 10.4. The molecule has 2 rings (SSSR count). The summed E-state index contributed by atoms with van der Waals surface area (Å²) in [7, 11) is 0. The Morgan fingerprint density at radius 1 is 1.33 bits per heavy atom. The van der Waals surface area contributed by atoms with E-state index in [0.29, 0.717) is 0 Å². The number of rotatable bonds is 2. The summed E-state index contributed by atoms with van der Waals surface area (Å²) in [6.07, 6.45) is 2.01. The van der Waals surface area contributed by atoms with Crippen LogP contribution in [-0.2, 0) is 0 Å². The molecule has 2 heteroatoms. The van der Waals surface area contributed by atoms with Crippen LogP contribution < -0.4 is 5.32 Å². The lowest BCUT2D eigenvalue weighted by atomic mass is 10.2. The van der Waals surface area contributed by atoms with E-state index in [1.807, 2.05) is 12.3 Å². The van der Waals surface area contributed by atoms with Crippen molar-refractivity contribution in [1.82, 2.24) is 4.98 Å². The molecule has 0 radical (unpaired) electrons. The lowest BCUT2D eigenvalue weighted by Crippen LogP contribution is -1.94. The molecule has 0 aliphatic carbocycles. The fourth-order valence-corrected chi connectivity index (χ4v) is 1.41. The maximum absolute atomic E-state index is 3.30. The van der Waals surface area contributed by atoms with Crippen molar-refractivity contribution < 1.29 is 0 Å². The van der Waals surface area contributed by atoms with Crippen LogP contribution in [0, 0.1) is 0 Å². The molecule has 0 spiro atoms. The molecule has 0 saturated carbocycles. The minimum absolute atomic E-state index is 0.960. The summed E-state index contributed by atoms with van der Waals surface area (Å²) in [5, 5.41) is 4.56. The quantitative estimate of drug-likeness (QED) is 0.694. The van der Waals surface area contributed by atoms with E-state index in [0.717, 1.165) is 6.54 Å². The molecule has 2 nitrogen and oxygen atoms in total. The lowest BCUT2D eigenvalue weighted by molar-refractivity contribution is 1.22. The van der Waals surface area contributed by atoms with Gasteiger partial charge in [-0.2, -0.15) is 0 Å². The highest BCUT2D eigenvalue weighted by Crippen LogP contribution is 2.21. The standard InChI is InChI=1S/C10H12N2/c1-2-11-10-7-12-9-6-4-3-5-8(9)10/h3-7,11-12H,2H2,1H3. The van der Waals surface area contributed by atoms with Crippen LogP contribution in [0.1, 0.15) is 6.92 Å². The van der Waals surface area contributed by atoms with Crippen LogP contribution in [0.5, 0.6) is 0 Å². The number of aromatic amines is 1. The van der Waals surface area contributed by atoms with Crippen molar-refractivity contribution in [3.8, 4) is 0 Å². The van der Waals surface area contributed by atoms with Crippen molar-refractivity contribution in [2.24, 2.45) is 0 Å². The molecule has 2 N–H and O–H groups in total. The monoisotopic (exact) mass is 160 g/mol. The van der Waals surface area contributed by atoms with Crippen LogP contribution in [0.3, 0.4) is 0 Å². The summed E-state index contributed by atoms with van der Waals surface area (Å²) in [6.45, 7) is 3.06. The van der Waals surface area contributed by atoms with Crippen LogP contribution in [0.15, 0.2) is 30.5 Å². The molecule has 0 amide bonds. The number of hydrogen-bond acceptors (Lipinski definition) is 1. The zero-order valence-corrected chi connectivity index (χ0v) is 7.09. The van der Waals surface area contributed by atoms with Crippen molar-refractivity contribution in [3.63, 3.8) is 0 Å². The van der Waals surface area contributed by atoms with E-state index < -0.39 is 0 Å². The van der Waals surface area contributed by atoms with E-state index in [1.165, 1.54) is 16.6 Å². The highest BCUT2D eigenvalue weighted by atomic mass is 14.9. The van der Waals surface area contributed by atoms with E-state index in [1.54, 1.807) is 0 Å². The Morgan fingerprint density at radius 3 is 3.00 bits per heavy atom. The number of aromatic nitrogens is 1. The van der Waals surface area contributed by atoms with Gasteiger partial charge in [0.05, 0.1) is 5.69 Å². The van der Waals surface area contributed by atoms with E-state index in [9.17, 15) is 0 Å². The summed E-state index contributed by atoms with van der Waals surface area (Å²) in [5.41, 5.74) is 2.38. The number of H-pyrrole nitrogens is 1. The minimum Gasteiger partial charge on any atom is -0.384 e. The van der Waals surface area contributed by atoms with Gasteiger partial charge in [0.25, 0.3) is 0 Å². The zero-order valence-electron chi connectivity index (χ0n) is 7.09. The summed E-state index contributed by atoms with van der Waals surface area (Å²) >= 11 is 0. The summed E-state index contributed by atoms with van der Waals surface area (Å²) < 4.78 is 0. The molecular weight excluding hydrogens is 148 g/mol. The fourth-order valence-electron chi connectivity index (χ4n) is 1.41. The Bertz CT molecular complexity index is 376. The average Bonchev–Trinajstić information content (AvgIpc) is 2.50. The molecule has 0 aliphatic rings. The van der Waals surface area contributed by atoms with Gasteiger partial charge in [-0.15, -0.1) is 0 Å². The smallest absolute Gasteiger partial charge is 0.0597 e. The third-order valence-corrected chi connectivity index (χ3v) is 1.96. The molecule has 0 fully saturated rings. The van der Waals surface area contributed by atoms with Gasteiger partial charge >= 0.3 is 0 Å². The molecule has 0 unspecified atom stereocenters. The van der Waals surface area contributed by atoms with Crippen LogP contribution in [0.4, 0.5) is 5.69 Å². The predicted octanol–water partition coefficient (Wildman–Crippen LogP) is 2.60. The Morgan fingerprint density at radius 2 is 2.17 bits per heavy atom. The molecule has 2 aromatic rings. The molecule has 0 saturated heterocycles. The van der Waals surface area contributed by atoms with Crippen LogP contribution in [0.2, 0.25) is 0 Å². The molecule has 12 heavy (non-hydrogen) atoms. The number of benzene rings is 1. The predicted molar refractivity (Wildman–Crippen MR) is 52.5 cm³/mol. The number of anilines is 1. The average molecular weight is 160 g/mol. The second kappa shape index (κ2) is 2.89. The largest absolute Gasteiger partial charge is 0.384 e. The van der Waals surface area contributed by atoms with E-state index in [-0.39, 0.29) is 0 Å². The second-order valence-electron chi connectivity index (χ2n) is 2.78. The van der Waals surface area contributed by atoms with Gasteiger partial charge in [0.2, 0.25) is 0 Å².